The second kappa shape index (κ2) is 5.04. The van der Waals surface area contributed by atoms with Crippen LogP contribution in [-0.2, 0) is 19.0 Å². The van der Waals surface area contributed by atoms with E-state index < -0.39 is 5.79 Å². The number of carbonyl (C=O) groups is 1. The Bertz CT molecular complexity index is 493. The van der Waals surface area contributed by atoms with E-state index in [1.807, 2.05) is 19.1 Å². The quantitative estimate of drug-likeness (QED) is 0.697. The van der Waals surface area contributed by atoms with Crippen LogP contribution in [0.2, 0.25) is 0 Å². The molecule has 21 heavy (non-hydrogen) atoms. The van der Waals surface area contributed by atoms with Gasteiger partial charge in [-0.15, -0.1) is 0 Å². The van der Waals surface area contributed by atoms with Crippen LogP contribution in [0.1, 0.15) is 27.2 Å². The zero-order valence-corrected chi connectivity index (χ0v) is 13.2. The molecule has 1 aliphatic heterocycles. The normalized spacial score (nSPS) is 37.2. The average Bonchev–Trinajstić information content (AvgIpc) is 2.47. The third-order valence-electron chi connectivity index (χ3n) is 4.78. The Labute approximate surface area is 126 Å². The predicted octanol–water partition coefficient (Wildman–Crippen LogP) is 2.49. The summed E-state index contributed by atoms with van der Waals surface area (Å²) in [5, 5.41) is 0. The molecule has 0 aromatic heterocycles. The fourth-order valence-electron chi connectivity index (χ4n) is 3.57. The van der Waals surface area contributed by atoms with Gasteiger partial charge >= 0.3 is 0 Å². The van der Waals surface area contributed by atoms with Crippen molar-refractivity contribution in [3.63, 3.8) is 0 Å². The van der Waals surface area contributed by atoms with Gasteiger partial charge in [0.2, 0.25) is 0 Å². The van der Waals surface area contributed by atoms with Crippen molar-refractivity contribution in [2.45, 2.75) is 39.1 Å². The van der Waals surface area contributed by atoms with Crippen molar-refractivity contribution in [3.8, 4) is 0 Å². The summed E-state index contributed by atoms with van der Waals surface area (Å²) in [6.45, 7) is 7.37. The molecule has 3 atom stereocenters. The summed E-state index contributed by atoms with van der Waals surface area (Å²) in [7, 11) is 1.65. The SMILES string of the molecule is CO[C@H]1C=CC[C@@H]2[C@H]1C(=O)C(C)=CC21OCC(C)(C)CO1. The van der Waals surface area contributed by atoms with Crippen LogP contribution in [0.25, 0.3) is 0 Å². The monoisotopic (exact) mass is 292 g/mol. The van der Waals surface area contributed by atoms with Crippen molar-refractivity contribution in [1.82, 2.24) is 0 Å². The third kappa shape index (κ3) is 2.39. The number of hydrogen-bond donors (Lipinski definition) is 0. The van der Waals surface area contributed by atoms with E-state index in [9.17, 15) is 4.79 Å². The Morgan fingerprint density at radius 2 is 1.95 bits per heavy atom. The molecule has 0 unspecified atom stereocenters. The van der Waals surface area contributed by atoms with Gasteiger partial charge in [-0.05, 0) is 25.0 Å². The molecule has 0 amide bonds. The molecule has 1 saturated heterocycles. The molecule has 1 heterocycles. The molecule has 1 fully saturated rings. The summed E-state index contributed by atoms with van der Waals surface area (Å²) in [6.07, 6.45) is 6.53. The maximum absolute atomic E-state index is 12.6. The van der Waals surface area contributed by atoms with Crippen molar-refractivity contribution < 1.29 is 19.0 Å². The van der Waals surface area contributed by atoms with Crippen LogP contribution in [-0.4, -0.2) is 38.0 Å². The Morgan fingerprint density at radius 1 is 1.29 bits per heavy atom. The number of hydrogen-bond acceptors (Lipinski definition) is 4. The molecule has 116 valence electrons. The second-order valence-corrected chi connectivity index (χ2v) is 7.15. The van der Waals surface area contributed by atoms with E-state index in [0.29, 0.717) is 18.8 Å². The highest BCUT2D eigenvalue weighted by Crippen LogP contribution is 2.47. The maximum atomic E-state index is 12.6. The molecule has 4 nitrogen and oxygen atoms in total. The van der Waals surface area contributed by atoms with Gasteiger partial charge < -0.3 is 14.2 Å². The highest BCUT2D eigenvalue weighted by Gasteiger charge is 2.55. The highest BCUT2D eigenvalue weighted by atomic mass is 16.7. The minimum atomic E-state index is -0.778. The Kier molecular flexibility index (Phi) is 3.59. The number of fused-ring (bicyclic) bond motifs is 2. The highest BCUT2D eigenvalue weighted by molar-refractivity contribution is 5.98. The summed E-state index contributed by atoms with van der Waals surface area (Å²) >= 11 is 0. The summed E-state index contributed by atoms with van der Waals surface area (Å²) in [4.78, 5) is 12.6. The first-order chi connectivity index (χ1) is 9.88. The minimum absolute atomic E-state index is 0.00904. The zero-order valence-electron chi connectivity index (χ0n) is 13.2. The van der Waals surface area contributed by atoms with E-state index in [1.54, 1.807) is 7.11 Å². The van der Waals surface area contributed by atoms with Crippen molar-refractivity contribution in [2.75, 3.05) is 20.3 Å². The molecule has 4 heteroatoms. The van der Waals surface area contributed by atoms with Crippen molar-refractivity contribution in [2.24, 2.45) is 17.3 Å². The molecule has 0 N–H and O–H groups in total. The molecule has 0 aromatic carbocycles. The van der Waals surface area contributed by atoms with E-state index in [0.717, 1.165) is 6.42 Å². The summed E-state index contributed by atoms with van der Waals surface area (Å²) in [5.41, 5.74) is 0.725. The first-order valence-electron chi connectivity index (χ1n) is 7.60. The van der Waals surface area contributed by atoms with Gasteiger partial charge in [0, 0.05) is 18.4 Å². The molecule has 3 rings (SSSR count). The van der Waals surface area contributed by atoms with Crippen LogP contribution >= 0.6 is 0 Å². The van der Waals surface area contributed by atoms with Gasteiger partial charge in [0.25, 0.3) is 0 Å². The smallest absolute Gasteiger partial charge is 0.192 e. The van der Waals surface area contributed by atoms with Gasteiger partial charge in [-0.25, -0.2) is 0 Å². The summed E-state index contributed by atoms with van der Waals surface area (Å²) < 4.78 is 17.8. The zero-order chi connectivity index (χ0) is 15.3. The lowest BCUT2D eigenvalue weighted by Gasteiger charge is -2.51. The summed E-state index contributed by atoms with van der Waals surface area (Å²) in [6, 6.07) is 0. The fraction of sp³-hybridized carbons (Fsp3) is 0.706. The first-order valence-corrected chi connectivity index (χ1v) is 7.60. The molecular weight excluding hydrogens is 268 g/mol. The first kappa shape index (κ1) is 14.9. The molecular formula is C17H24O4. The lowest BCUT2D eigenvalue weighted by atomic mass is 9.68. The van der Waals surface area contributed by atoms with Crippen LogP contribution in [0.4, 0.5) is 0 Å². The molecule has 0 radical (unpaired) electrons. The number of allylic oxidation sites excluding steroid dienone is 2. The van der Waals surface area contributed by atoms with Gasteiger partial charge in [0.05, 0.1) is 25.2 Å². The molecule has 2 aliphatic carbocycles. The molecule has 0 aromatic rings. The standard InChI is InChI=1S/C17H24O4/c1-11-8-17(20-9-16(2,3)10-21-17)12-6-5-7-13(19-4)14(12)15(11)18/h5,7-8,12-14H,6,9-10H2,1-4H3/t12-,13+,14-/m1/s1. The molecule has 0 saturated carbocycles. The van der Waals surface area contributed by atoms with Crippen LogP contribution in [0.3, 0.4) is 0 Å². The van der Waals surface area contributed by atoms with E-state index >= 15 is 0 Å². The van der Waals surface area contributed by atoms with Gasteiger partial charge in [-0.1, -0.05) is 26.0 Å². The van der Waals surface area contributed by atoms with Crippen LogP contribution < -0.4 is 0 Å². The average molecular weight is 292 g/mol. The largest absolute Gasteiger partial charge is 0.377 e. The summed E-state index contributed by atoms with van der Waals surface area (Å²) in [5.74, 6) is -0.857. The van der Waals surface area contributed by atoms with Crippen molar-refractivity contribution in [1.29, 1.82) is 0 Å². The van der Waals surface area contributed by atoms with Crippen LogP contribution in [0.15, 0.2) is 23.8 Å². The van der Waals surface area contributed by atoms with Crippen LogP contribution in [0, 0.1) is 17.3 Å². The number of carbonyl (C=O) groups excluding carboxylic acids is 1. The van der Waals surface area contributed by atoms with Crippen molar-refractivity contribution >= 4 is 5.78 Å². The van der Waals surface area contributed by atoms with E-state index in [2.05, 4.69) is 19.9 Å². The Hall–Kier alpha value is -0.970. The van der Waals surface area contributed by atoms with Gasteiger partial charge in [-0.3, -0.25) is 4.79 Å². The van der Waals surface area contributed by atoms with Gasteiger partial charge in [0.15, 0.2) is 11.6 Å². The molecule has 3 aliphatic rings. The van der Waals surface area contributed by atoms with E-state index in [-0.39, 0.29) is 29.1 Å². The minimum Gasteiger partial charge on any atom is -0.377 e. The number of methoxy groups -OCH3 is 1. The van der Waals surface area contributed by atoms with Crippen molar-refractivity contribution in [3.05, 3.63) is 23.8 Å². The third-order valence-corrected chi connectivity index (χ3v) is 4.78. The topological polar surface area (TPSA) is 44.8 Å². The maximum Gasteiger partial charge on any atom is 0.192 e. The Morgan fingerprint density at radius 3 is 2.57 bits per heavy atom. The van der Waals surface area contributed by atoms with E-state index in [1.165, 1.54) is 0 Å². The lowest BCUT2D eigenvalue weighted by Crippen LogP contribution is -2.58. The molecule has 0 bridgehead atoms. The van der Waals surface area contributed by atoms with Gasteiger partial charge in [0.1, 0.15) is 0 Å². The number of Topliss-reactive ketones (excluding diaryl/α,β-unsaturated/α-hetero) is 1. The van der Waals surface area contributed by atoms with E-state index in [4.69, 9.17) is 14.2 Å². The number of ether oxygens (including phenoxy) is 3. The molecule has 1 spiro atoms. The fourth-order valence-corrected chi connectivity index (χ4v) is 3.57. The number of ketones is 1. The van der Waals surface area contributed by atoms with Crippen LogP contribution in [0.5, 0.6) is 0 Å². The predicted molar refractivity (Wildman–Crippen MR) is 78.7 cm³/mol. The second-order valence-electron chi connectivity index (χ2n) is 7.15. The van der Waals surface area contributed by atoms with Gasteiger partial charge in [-0.2, -0.15) is 0 Å². The lowest BCUT2D eigenvalue weighted by molar-refractivity contribution is -0.305. The Balaban J connectivity index is 1.98. The number of rotatable bonds is 1.